The lowest BCUT2D eigenvalue weighted by molar-refractivity contribution is -0.125. The normalized spacial score (nSPS) is 15.3. The summed E-state index contributed by atoms with van der Waals surface area (Å²) in [6, 6.07) is 14.8. The molecule has 1 aromatic heterocycles. The molecule has 1 aliphatic rings. The number of aromatic nitrogens is 2. The zero-order valence-electron chi connectivity index (χ0n) is 17.5. The van der Waals surface area contributed by atoms with Crippen LogP contribution in [0.1, 0.15) is 53.8 Å². The highest BCUT2D eigenvalue weighted by atomic mass is 16.5. The molecule has 0 fully saturated rings. The summed E-state index contributed by atoms with van der Waals surface area (Å²) in [6.07, 6.45) is 3.55. The Morgan fingerprint density at radius 2 is 1.87 bits per heavy atom. The minimum atomic E-state index is -0.722. The standard InChI is InChI=1S/C24H25N3O4/c1-2-14-27-23(29)19-12-6-5-11-18(19)22(26-27)24(30)31-15-21(28)25-20-13-7-9-16-8-3-4-10-17(16)20/h3-6,8,10-12,20H,2,7,9,13-15H2,1H3,(H,25,28). The molecule has 1 aliphatic carbocycles. The largest absolute Gasteiger partial charge is 0.451 e. The van der Waals surface area contributed by atoms with Crippen molar-refractivity contribution in [2.75, 3.05) is 6.61 Å². The molecule has 1 heterocycles. The van der Waals surface area contributed by atoms with E-state index in [2.05, 4.69) is 16.5 Å². The van der Waals surface area contributed by atoms with Crippen molar-refractivity contribution < 1.29 is 14.3 Å². The first-order valence-corrected chi connectivity index (χ1v) is 10.6. The number of carbonyl (C=O) groups is 2. The van der Waals surface area contributed by atoms with Crippen molar-refractivity contribution in [3.63, 3.8) is 0 Å². The van der Waals surface area contributed by atoms with E-state index in [1.54, 1.807) is 24.3 Å². The molecule has 0 saturated carbocycles. The van der Waals surface area contributed by atoms with E-state index in [0.29, 0.717) is 23.7 Å². The van der Waals surface area contributed by atoms with E-state index in [-0.39, 0.29) is 23.2 Å². The van der Waals surface area contributed by atoms with Gasteiger partial charge in [-0.1, -0.05) is 49.4 Å². The average Bonchev–Trinajstić information content (AvgIpc) is 2.80. The smallest absolute Gasteiger partial charge is 0.359 e. The molecule has 0 aliphatic heterocycles. The van der Waals surface area contributed by atoms with Crippen molar-refractivity contribution in [1.29, 1.82) is 0 Å². The van der Waals surface area contributed by atoms with Crippen LogP contribution in [0, 0.1) is 0 Å². The van der Waals surface area contributed by atoms with E-state index in [4.69, 9.17) is 4.74 Å². The first kappa shape index (κ1) is 20.8. The van der Waals surface area contributed by atoms with Crippen LogP contribution >= 0.6 is 0 Å². The molecular weight excluding hydrogens is 394 g/mol. The quantitative estimate of drug-likeness (QED) is 0.620. The Morgan fingerprint density at radius 1 is 1.13 bits per heavy atom. The van der Waals surface area contributed by atoms with E-state index in [0.717, 1.165) is 24.8 Å². The molecule has 4 rings (SSSR count). The lowest BCUT2D eigenvalue weighted by atomic mass is 9.88. The molecule has 1 unspecified atom stereocenters. The maximum Gasteiger partial charge on any atom is 0.359 e. The Balaban J connectivity index is 1.48. The topological polar surface area (TPSA) is 90.3 Å². The maximum absolute atomic E-state index is 12.7. The Kier molecular flexibility index (Phi) is 6.11. The van der Waals surface area contributed by atoms with E-state index in [1.807, 2.05) is 25.1 Å². The van der Waals surface area contributed by atoms with Gasteiger partial charge in [-0.05, 0) is 42.9 Å². The Labute approximate surface area is 180 Å². The van der Waals surface area contributed by atoms with Crippen LogP contribution in [0.3, 0.4) is 0 Å². The molecule has 0 radical (unpaired) electrons. The minimum Gasteiger partial charge on any atom is -0.451 e. The van der Waals surface area contributed by atoms with Crippen LogP contribution in [-0.4, -0.2) is 28.3 Å². The lowest BCUT2D eigenvalue weighted by Gasteiger charge is -2.26. The van der Waals surface area contributed by atoms with Crippen LogP contribution in [0.25, 0.3) is 10.8 Å². The number of aryl methyl sites for hydroxylation is 2. The van der Waals surface area contributed by atoms with Crippen LogP contribution in [0.15, 0.2) is 53.3 Å². The number of rotatable bonds is 6. The number of benzene rings is 2. The van der Waals surface area contributed by atoms with Crippen molar-refractivity contribution in [2.24, 2.45) is 0 Å². The second-order valence-electron chi connectivity index (χ2n) is 7.71. The molecule has 3 aromatic rings. The van der Waals surface area contributed by atoms with Crippen molar-refractivity contribution >= 4 is 22.6 Å². The molecule has 1 N–H and O–H groups in total. The SMILES string of the molecule is CCCn1nc(C(=O)OCC(=O)NC2CCCc3ccccc32)c2ccccc2c1=O. The molecule has 7 heteroatoms. The van der Waals surface area contributed by atoms with Crippen molar-refractivity contribution in [3.05, 3.63) is 75.7 Å². The van der Waals surface area contributed by atoms with Gasteiger partial charge in [-0.2, -0.15) is 5.10 Å². The number of amides is 1. The van der Waals surface area contributed by atoms with Crippen LogP contribution in [0.5, 0.6) is 0 Å². The Hall–Kier alpha value is -3.48. The summed E-state index contributed by atoms with van der Waals surface area (Å²) in [5.74, 6) is -1.08. The van der Waals surface area contributed by atoms with Gasteiger partial charge in [0.15, 0.2) is 12.3 Å². The second kappa shape index (κ2) is 9.12. The van der Waals surface area contributed by atoms with Gasteiger partial charge in [0.25, 0.3) is 11.5 Å². The average molecular weight is 419 g/mol. The fourth-order valence-electron chi connectivity index (χ4n) is 4.09. The van der Waals surface area contributed by atoms with E-state index in [1.165, 1.54) is 10.2 Å². The number of hydrogen-bond donors (Lipinski definition) is 1. The van der Waals surface area contributed by atoms with Crippen LogP contribution in [0.4, 0.5) is 0 Å². The lowest BCUT2D eigenvalue weighted by Crippen LogP contribution is -2.34. The van der Waals surface area contributed by atoms with Gasteiger partial charge in [-0.25, -0.2) is 9.48 Å². The van der Waals surface area contributed by atoms with Gasteiger partial charge in [-0.3, -0.25) is 9.59 Å². The van der Waals surface area contributed by atoms with Crippen molar-refractivity contribution in [1.82, 2.24) is 15.1 Å². The Morgan fingerprint density at radius 3 is 2.68 bits per heavy atom. The first-order valence-electron chi connectivity index (χ1n) is 10.6. The number of fused-ring (bicyclic) bond motifs is 2. The number of ether oxygens (including phenoxy) is 1. The Bertz CT molecular complexity index is 1180. The summed E-state index contributed by atoms with van der Waals surface area (Å²) in [5.41, 5.74) is 2.15. The van der Waals surface area contributed by atoms with E-state index < -0.39 is 12.6 Å². The van der Waals surface area contributed by atoms with Gasteiger partial charge >= 0.3 is 5.97 Å². The minimum absolute atomic E-state index is 0.0412. The third-order valence-electron chi connectivity index (χ3n) is 5.54. The molecule has 0 bridgehead atoms. The van der Waals surface area contributed by atoms with Gasteiger partial charge < -0.3 is 10.1 Å². The number of nitrogens with zero attached hydrogens (tertiary/aromatic N) is 2. The van der Waals surface area contributed by atoms with Crippen LogP contribution in [0.2, 0.25) is 0 Å². The summed E-state index contributed by atoms with van der Waals surface area (Å²) in [6.45, 7) is 1.92. The zero-order valence-corrected chi connectivity index (χ0v) is 17.5. The molecule has 160 valence electrons. The monoisotopic (exact) mass is 419 g/mol. The number of carbonyl (C=O) groups excluding carboxylic acids is 2. The summed E-state index contributed by atoms with van der Waals surface area (Å²) in [5, 5.41) is 8.01. The summed E-state index contributed by atoms with van der Waals surface area (Å²) >= 11 is 0. The third-order valence-corrected chi connectivity index (χ3v) is 5.54. The fraction of sp³-hybridized carbons (Fsp3) is 0.333. The maximum atomic E-state index is 12.7. The van der Waals surface area contributed by atoms with Crippen molar-refractivity contribution in [3.8, 4) is 0 Å². The molecule has 2 aromatic carbocycles. The van der Waals surface area contributed by atoms with Gasteiger partial charge in [0.2, 0.25) is 0 Å². The summed E-state index contributed by atoms with van der Waals surface area (Å²) in [7, 11) is 0. The molecule has 1 atom stereocenters. The summed E-state index contributed by atoms with van der Waals surface area (Å²) < 4.78 is 6.55. The zero-order chi connectivity index (χ0) is 21.8. The summed E-state index contributed by atoms with van der Waals surface area (Å²) in [4.78, 5) is 37.8. The van der Waals surface area contributed by atoms with E-state index in [9.17, 15) is 14.4 Å². The predicted octanol–water partition coefficient (Wildman–Crippen LogP) is 3.16. The van der Waals surface area contributed by atoms with Gasteiger partial charge in [-0.15, -0.1) is 0 Å². The highest BCUT2D eigenvalue weighted by Gasteiger charge is 2.23. The first-order chi connectivity index (χ1) is 15.1. The van der Waals surface area contributed by atoms with Crippen molar-refractivity contribution in [2.45, 2.75) is 45.2 Å². The van der Waals surface area contributed by atoms with Gasteiger partial charge in [0, 0.05) is 11.9 Å². The number of nitrogens with one attached hydrogen (secondary N) is 1. The number of esters is 1. The van der Waals surface area contributed by atoms with Crippen LogP contribution < -0.4 is 10.9 Å². The molecule has 1 amide bonds. The van der Waals surface area contributed by atoms with Crippen LogP contribution in [-0.2, 0) is 22.5 Å². The highest BCUT2D eigenvalue weighted by Crippen LogP contribution is 2.29. The highest BCUT2D eigenvalue weighted by molar-refractivity contribution is 6.02. The fourth-order valence-corrected chi connectivity index (χ4v) is 4.09. The predicted molar refractivity (Wildman–Crippen MR) is 117 cm³/mol. The van der Waals surface area contributed by atoms with E-state index >= 15 is 0 Å². The molecule has 31 heavy (non-hydrogen) atoms. The molecule has 0 saturated heterocycles. The van der Waals surface area contributed by atoms with Gasteiger partial charge in [0.1, 0.15) is 0 Å². The molecule has 7 nitrogen and oxygen atoms in total. The molecule has 0 spiro atoms. The second-order valence-corrected chi connectivity index (χ2v) is 7.71. The molecular formula is C24H25N3O4. The van der Waals surface area contributed by atoms with Gasteiger partial charge in [0.05, 0.1) is 11.4 Å². The third kappa shape index (κ3) is 4.35. The number of hydrogen-bond acceptors (Lipinski definition) is 5.